The quantitative estimate of drug-likeness (QED) is 0.782. The molecule has 2 heterocycles. The summed E-state index contributed by atoms with van der Waals surface area (Å²) >= 11 is 4.34. The first kappa shape index (κ1) is 9.42. The molecule has 4 nitrogen and oxygen atoms in total. The van der Waals surface area contributed by atoms with E-state index in [4.69, 9.17) is 10.8 Å². The molecular weight excluding hydrogens is 268 g/mol. The normalized spacial score (nSPS) is 10.6. The molecule has 2 aromatic rings. The van der Waals surface area contributed by atoms with E-state index in [2.05, 4.69) is 20.9 Å². The van der Waals surface area contributed by atoms with E-state index >= 15 is 0 Å². The van der Waals surface area contributed by atoms with Crippen LogP contribution >= 0.6 is 27.3 Å². The number of carbonyl (C=O) groups is 1. The van der Waals surface area contributed by atoms with Crippen molar-refractivity contribution in [2.45, 2.75) is 0 Å². The van der Waals surface area contributed by atoms with Crippen molar-refractivity contribution >= 4 is 49.1 Å². The van der Waals surface area contributed by atoms with E-state index in [9.17, 15) is 4.79 Å². The van der Waals surface area contributed by atoms with Gasteiger partial charge in [0.15, 0.2) is 0 Å². The van der Waals surface area contributed by atoms with Crippen LogP contribution in [-0.2, 0) is 0 Å². The molecule has 0 aromatic carbocycles. The van der Waals surface area contributed by atoms with E-state index < -0.39 is 5.97 Å². The molecule has 0 aliphatic rings. The lowest BCUT2D eigenvalue weighted by molar-refractivity contribution is 0.0703. The van der Waals surface area contributed by atoms with Gasteiger partial charge in [0.25, 0.3) is 0 Å². The van der Waals surface area contributed by atoms with E-state index in [0.717, 1.165) is 16.0 Å². The lowest BCUT2D eigenvalue weighted by atomic mass is 10.3. The standard InChI is InChI=1S/C8H5BrN2O2S/c9-4-2-1-3-6(11-4)5(10)7(14-3)8(12)13/h1-2H,10H2,(H,12,13). The van der Waals surface area contributed by atoms with Gasteiger partial charge in [-0.3, -0.25) is 0 Å². The van der Waals surface area contributed by atoms with Crippen molar-refractivity contribution in [3.8, 4) is 0 Å². The summed E-state index contributed by atoms with van der Waals surface area (Å²) in [6.45, 7) is 0. The number of aromatic carboxylic acids is 1. The Hall–Kier alpha value is -1.14. The molecule has 14 heavy (non-hydrogen) atoms. The molecule has 0 spiro atoms. The topological polar surface area (TPSA) is 76.2 Å². The summed E-state index contributed by atoms with van der Waals surface area (Å²) in [7, 11) is 0. The molecule has 0 aliphatic carbocycles. The number of nitrogens with zero attached hydrogens (tertiary/aromatic N) is 1. The average molecular weight is 273 g/mol. The van der Waals surface area contributed by atoms with E-state index in [1.165, 1.54) is 0 Å². The Bertz CT molecular complexity index is 523. The maximum atomic E-state index is 10.8. The van der Waals surface area contributed by atoms with Crippen molar-refractivity contribution in [2.75, 3.05) is 5.73 Å². The predicted molar refractivity (Wildman–Crippen MR) is 58.7 cm³/mol. The second-order valence-corrected chi connectivity index (χ2v) is 4.50. The van der Waals surface area contributed by atoms with Crippen molar-refractivity contribution in [1.29, 1.82) is 0 Å². The van der Waals surface area contributed by atoms with Gasteiger partial charge in [-0.1, -0.05) is 0 Å². The Morgan fingerprint density at radius 3 is 2.93 bits per heavy atom. The van der Waals surface area contributed by atoms with Gasteiger partial charge < -0.3 is 10.8 Å². The number of carboxylic acids is 1. The predicted octanol–water partition coefficient (Wildman–Crippen LogP) is 2.34. The zero-order valence-electron chi connectivity index (χ0n) is 6.82. The monoisotopic (exact) mass is 272 g/mol. The number of nitrogens with two attached hydrogens (primary N) is 1. The fourth-order valence-electron chi connectivity index (χ4n) is 1.13. The summed E-state index contributed by atoms with van der Waals surface area (Å²) in [5, 5.41) is 8.83. The molecule has 6 heteroatoms. The number of anilines is 1. The minimum absolute atomic E-state index is 0.144. The van der Waals surface area contributed by atoms with E-state index in [-0.39, 0.29) is 10.6 Å². The van der Waals surface area contributed by atoms with Crippen LogP contribution in [0.1, 0.15) is 9.67 Å². The molecule has 0 bridgehead atoms. The fourth-order valence-corrected chi connectivity index (χ4v) is 2.34. The summed E-state index contributed by atoms with van der Waals surface area (Å²) < 4.78 is 1.43. The highest BCUT2D eigenvalue weighted by atomic mass is 79.9. The number of aromatic nitrogens is 1. The number of pyridine rings is 1. The van der Waals surface area contributed by atoms with Crippen LogP contribution in [-0.4, -0.2) is 16.1 Å². The number of hydrogen-bond acceptors (Lipinski definition) is 4. The Kier molecular flexibility index (Phi) is 2.16. The largest absolute Gasteiger partial charge is 0.477 e. The molecule has 0 saturated heterocycles. The number of halogens is 1. The Balaban J connectivity index is 2.80. The third-order valence-corrected chi connectivity index (χ3v) is 3.32. The van der Waals surface area contributed by atoms with Crippen molar-refractivity contribution in [3.63, 3.8) is 0 Å². The van der Waals surface area contributed by atoms with Gasteiger partial charge in [0.1, 0.15) is 15.0 Å². The van der Waals surface area contributed by atoms with Crippen LogP contribution in [0.3, 0.4) is 0 Å². The molecule has 2 rings (SSSR count). The van der Waals surface area contributed by atoms with E-state index in [1.807, 2.05) is 0 Å². The summed E-state index contributed by atoms with van der Waals surface area (Å²) in [5.41, 5.74) is 6.43. The number of fused-ring (bicyclic) bond motifs is 1. The first-order valence-electron chi connectivity index (χ1n) is 3.67. The summed E-state index contributed by atoms with van der Waals surface area (Å²) in [6, 6.07) is 3.55. The van der Waals surface area contributed by atoms with Crippen molar-refractivity contribution in [3.05, 3.63) is 21.6 Å². The molecule has 0 unspecified atom stereocenters. The minimum atomic E-state index is -1.01. The van der Waals surface area contributed by atoms with Crippen LogP contribution in [0.25, 0.3) is 10.2 Å². The van der Waals surface area contributed by atoms with Gasteiger partial charge in [-0.05, 0) is 28.1 Å². The SMILES string of the molecule is Nc1c(C(=O)O)sc2ccc(Br)nc12. The molecule has 2 aromatic heterocycles. The molecule has 0 atom stereocenters. The van der Waals surface area contributed by atoms with Gasteiger partial charge >= 0.3 is 5.97 Å². The number of nitrogen functional groups attached to an aromatic ring is 1. The van der Waals surface area contributed by atoms with Gasteiger partial charge in [-0.2, -0.15) is 0 Å². The van der Waals surface area contributed by atoms with E-state index in [1.54, 1.807) is 12.1 Å². The van der Waals surface area contributed by atoms with Crippen molar-refractivity contribution in [2.24, 2.45) is 0 Å². The smallest absolute Gasteiger partial charge is 0.348 e. The molecule has 0 amide bonds. The zero-order chi connectivity index (χ0) is 10.3. The van der Waals surface area contributed by atoms with Crippen LogP contribution in [0.2, 0.25) is 0 Å². The van der Waals surface area contributed by atoms with Crippen molar-refractivity contribution in [1.82, 2.24) is 4.98 Å². The molecule has 0 aliphatic heterocycles. The second kappa shape index (κ2) is 3.21. The van der Waals surface area contributed by atoms with Gasteiger partial charge in [-0.15, -0.1) is 11.3 Å². The maximum Gasteiger partial charge on any atom is 0.348 e. The number of thiophene rings is 1. The minimum Gasteiger partial charge on any atom is -0.477 e. The van der Waals surface area contributed by atoms with E-state index in [0.29, 0.717) is 10.1 Å². The van der Waals surface area contributed by atoms with Crippen LogP contribution < -0.4 is 5.73 Å². The highest BCUT2D eigenvalue weighted by Crippen LogP contribution is 2.32. The lowest BCUT2D eigenvalue weighted by Crippen LogP contribution is -1.97. The van der Waals surface area contributed by atoms with Crippen LogP contribution in [0.5, 0.6) is 0 Å². The number of carboxylic acid groups (broad SMARTS) is 1. The highest BCUT2D eigenvalue weighted by molar-refractivity contribution is 9.10. The molecule has 3 N–H and O–H groups in total. The molecule has 72 valence electrons. The van der Waals surface area contributed by atoms with Crippen molar-refractivity contribution < 1.29 is 9.90 Å². The summed E-state index contributed by atoms with van der Waals surface area (Å²) in [6.07, 6.45) is 0. The zero-order valence-corrected chi connectivity index (χ0v) is 9.22. The third-order valence-electron chi connectivity index (χ3n) is 1.73. The molecule has 0 fully saturated rings. The van der Waals surface area contributed by atoms with Gasteiger partial charge in [0, 0.05) is 0 Å². The average Bonchev–Trinajstić information content (AvgIpc) is 2.44. The van der Waals surface area contributed by atoms with Crippen LogP contribution in [0.15, 0.2) is 16.7 Å². The maximum absolute atomic E-state index is 10.8. The molecule has 0 radical (unpaired) electrons. The summed E-state index contributed by atoms with van der Waals surface area (Å²) in [4.78, 5) is 15.0. The molecule has 0 saturated carbocycles. The van der Waals surface area contributed by atoms with Gasteiger partial charge in [0.2, 0.25) is 0 Å². The Morgan fingerprint density at radius 1 is 1.57 bits per heavy atom. The summed E-state index contributed by atoms with van der Waals surface area (Å²) in [5.74, 6) is -1.01. The van der Waals surface area contributed by atoms with Crippen LogP contribution in [0, 0.1) is 0 Å². The number of rotatable bonds is 1. The van der Waals surface area contributed by atoms with Gasteiger partial charge in [0.05, 0.1) is 10.4 Å². The lowest BCUT2D eigenvalue weighted by Gasteiger charge is -1.92. The first-order valence-corrected chi connectivity index (χ1v) is 5.28. The first-order chi connectivity index (χ1) is 6.59. The Morgan fingerprint density at radius 2 is 2.29 bits per heavy atom. The fraction of sp³-hybridized carbons (Fsp3) is 0. The Labute approximate surface area is 91.5 Å². The third kappa shape index (κ3) is 1.36. The second-order valence-electron chi connectivity index (χ2n) is 2.63. The molecular formula is C8H5BrN2O2S. The number of hydrogen-bond donors (Lipinski definition) is 2. The van der Waals surface area contributed by atoms with Gasteiger partial charge in [-0.25, -0.2) is 9.78 Å². The van der Waals surface area contributed by atoms with Crippen LogP contribution in [0.4, 0.5) is 5.69 Å². The highest BCUT2D eigenvalue weighted by Gasteiger charge is 2.16.